The molecule has 0 bridgehead atoms. The summed E-state index contributed by atoms with van der Waals surface area (Å²) in [6.07, 6.45) is 0.0641. The van der Waals surface area contributed by atoms with Crippen molar-refractivity contribution in [3.8, 4) is 0 Å². The van der Waals surface area contributed by atoms with E-state index < -0.39 is 30.0 Å². The predicted octanol–water partition coefficient (Wildman–Crippen LogP) is -5.92. The molecule has 9 nitrogen and oxygen atoms in total. The summed E-state index contributed by atoms with van der Waals surface area (Å²) in [6.45, 7) is 1.90. The fourth-order valence-electron chi connectivity index (χ4n) is 1.41. The third-order valence-electron chi connectivity index (χ3n) is 2.52. The second-order valence-corrected chi connectivity index (χ2v) is 4.35. The van der Waals surface area contributed by atoms with Gasteiger partial charge in [-0.05, 0) is 13.3 Å². The molecule has 9 heteroatoms. The van der Waals surface area contributed by atoms with Crippen molar-refractivity contribution in [3.63, 3.8) is 0 Å². The van der Waals surface area contributed by atoms with Crippen molar-refractivity contribution < 1.29 is 25.4 Å². The summed E-state index contributed by atoms with van der Waals surface area (Å²) in [6, 6.07) is -1.66. The van der Waals surface area contributed by atoms with Crippen LogP contribution in [0, 0.1) is 0 Å². The first-order chi connectivity index (χ1) is 8.75. The Morgan fingerprint density at radius 2 is 1.95 bits per heavy atom. The second-order valence-electron chi connectivity index (χ2n) is 4.35. The number of guanidine groups is 1. The maximum absolute atomic E-state index is 11.7. The van der Waals surface area contributed by atoms with Crippen LogP contribution >= 0.6 is 0 Å². The molecule has 110 valence electrons. The van der Waals surface area contributed by atoms with Crippen LogP contribution in [0.1, 0.15) is 19.8 Å². The third-order valence-corrected chi connectivity index (χ3v) is 2.52. The van der Waals surface area contributed by atoms with Crippen molar-refractivity contribution >= 4 is 17.8 Å². The van der Waals surface area contributed by atoms with Gasteiger partial charge in [0, 0.05) is 6.42 Å². The lowest BCUT2D eigenvalue weighted by molar-refractivity contribution is -0.463. The molecule has 12 N–H and O–H groups in total. The van der Waals surface area contributed by atoms with Gasteiger partial charge in [-0.15, -0.1) is 0 Å². The topological polar surface area (TPSA) is 186 Å². The van der Waals surface area contributed by atoms with Gasteiger partial charge in [0.05, 0.1) is 12.6 Å². The van der Waals surface area contributed by atoms with Gasteiger partial charge in [-0.2, -0.15) is 0 Å². The molecule has 2 amide bonds. The molecule has 0 aliphatic heterocycles. The molecule has 0 aromatic heterocycles. The number of carbonyl (C=O) groups excluding carboxylic acids is 2. The summed E-state index contributed by atoms with van der Waals surface area (Å²) in [5.74, 6) is -1.11. The SMILES string of the molecule is C[C@@H](O)[C@H](NC(=O)[C@@H]([NH3+])CCC[NH+]=C(N)N)C(N)=O. The van der Waals surface area contributed by atoms with Gasteiger partial charge in [-0.1, -0.05) is 0 Å². The summed E-state index contributed by atoms with van der Waals surface area (Å²) in [7, 11) is 0. The van der Waals surface area contributed by atoms with Gasteiger partial charge in [0.25, 0.3) is 5.91 Å². The highest BCUT2D eigenvalue weighted by atomic mass is 16.3. The minimum atomic E-state index is -1.11. The summed E-state index contributed by atoms with van der Waals surface area (Å²) in [5, 5.41) is 11.7. The molecule has 0 aliphatic rings. The highest BCUT2D eigenvalue weighted by Gasteiger charge is 2.26. The molecule has 0 rings (SSSR count). The molecule has 0 aliphatic carbocycles. The summed E-state index contributed by atoms with van der Waals surface area (Å²) < 4.78 is 0. The number of quaternary nitrogens is 1. The lowest BCUT2D eigenvalue weighted by Gasteiger charge is -2.19. The molecule has 0 aromatic rings. The highest BCUT2D eigenvalue weighted by molar-refractivity contribution is 5.88. The number of nitrogens with one attached hydrogen (secondary N) is 2. The fourth-order valence-corrected chi connectivity index (χ4v) is 1.41. The van der Waals surface area contributed by atoms with Gasteiger partial charge in [0.1, 0.15) is 6.04 Å². The predicted molar refractivity (Wildman–Crippen MR) is 67.9 cm³/mol. The van der Waals surface area contributed by atoms with Crippen molar-refractivity contribution in [2.45, 2.75) is 38.0 Å². The first kappa shape index (κ1) is 17.1. The van der Waals surface area contributed by atoms with Crippen molar-refractivity contribution in [1.82, 2.24) is 5.32 Å². The van der Waals surface area contributed by atoms with E-state index in [4.69, 9.17) is 17.2 Å². The zero-order valence-electron chi connectivity index (χ0n) is 11.1. The summed E-state index contributed by atoms with van der Waals surface area (Å²) >= 11 is 0. The minimum Gasteiger partial charge on any atom is -0.391 e. The summed E-state index contributed by atoms with van der Waals surface area (Å²) in [5.41, 5.74) is 19.2. The van der Waals surface area contributed by atoms with Crippen LogP contribution < -0.4 is 33.2 Å². The fraction of sp³-hybridized carbons (Fsp3) is 0.700. The Labute approximate surface area is 111 Å². The van der Waals surface area contributed by atoms with Crippen LogP contribution in [0.2, 0.25) is 0 Å². The molecule has 0 unspecified atom stereocenters. The van der Waals surface area contributed by atoms with E-state index in [9.17, 15) is 14.7 Å². The summed E-state index contributed by atoms with van der Waals surface area (Å²) in [4.78, 5) is 25.5. The number of aliphatic hydroxyl groups excluding tert-OH is 1. The van der Waals surface area contributed by atoms with Crippen LogP contribution in [-0.2, 0) is 9.59 Å². The van der Waals surface area contributed by atoms with E-state index >= 15 is 0 Å². The van der Waals surface area contributed by atoms with Crippen molar-refractivity contribution in [2.24, 2.45) is 17.2 Å². The lowest BCUT2D eigenvalue weighted by Crippen LogP contribution is -2.78. The Morgan fingerprint density at radius 1 is 1.37 bits per heavy atom. The van der Waals surface area contributed by atoms with E-state index in [1.165, 1.54) is 6.92 Å². The zero-order chi connectivity index (χ0) is 15.0. The van der Waals surface area contributed by atoms with Gasteiger partial charge in [-0.25, -0.2) is 0 Å². The minimum absolute atomic E-state index is 0.118. The van der Waals surface area contributed by atoms with Crippen LogP contribution in [0.5, 0.6) is 0 Å². The van der Waals surface area contributed by atoms with E-state index in [-0.39, 0.29) is 5.96 Å². The Hall–Kier alpha value is -1.87. The average Bonchev–Trinajstić information content (AvgIpc) is 2.29. The monoisotopic (exact) mass is 276 g/mol. The van der Waals surface area contributed by atoms with Gasteiger partial charge in [0.2, 0.25) is 5.91 Å². The van der Waals surface area contributed by atoms with Crippen LogP contribution in [0.3, 0.4) is 0 Å². The smallest absolute Gasteiger partial charge is 0.338 e. The number of carbonyl (C=O) groups is 2. The van der Waals surface area contributed by atoms with Crippen LogP contribution in [-0.4, -0.2) is 47.6 Å². The molecule has 19 heavy (non-hydrogen) atoms. The Kier molecular flexibility index (Phi) is 7.46. The number of primary amides is 1. The molecule has 0 saturated heterocycles. The number of nitrogens with two attached hydrogens (primary N) is 3. The molecule has 0 heterocycles. The van der Waals surface area contributed by atoms with Gasteiger partial charge in [0.15, 0.2) is 6.04 Å². The Morgan fingerprint density at radius 3 is 2.37 bits per heavy atom. The van der Waals surface area contributed by atoms with Crippen molar-refractivity contribution in [2.75, 3.05) is 6.54 Å². The number of aliphatic hydroxyl groups is 1. The average molecular weight is 276 g/mol. The molecule has 0 aromatic carbocycles. The molecular formula is C10H24N6O3+2. The highest BCUT2D eigenvalue weighted by Crippen LogP contribution is 1.95. The number of hydrogen-bond donors (Lipinski definition) is 7. The van der Waals surface area contributed by atoms with Gasteiger partial charge in [-0.3, -0.25) is 26.0 Å². The van der Waals surface area contributed by atoms with E-state index in [0.717, 1.165) is 0 Å². The molecule has 0 spiro atoms. The van der Waals surface area contributed by atoms with Crippen LogP contribution in [0.25, 0.3) is 0 Å². The second kappa shape index (κ2) is 8.27. The molecular weight excluding hydrogens is 252 g/mol. The molecule has 0 saturated carbocycles. The van der Waals surface area contributed by atoms with E-state index in [2.05, 4.69) is 16.0 Å². The molecule has 0 radical (unpaired) electrons. The van der Waals surface area contributed by atoms with E-state index in [0.29, 0.717) is 19.4 Å². The number of rotatable bonds is 8. The first-order valence-corrected chi connectivity index (χ1v) is 5.98. The quantitative estimate of drug-likeness (QED) is 0.132. The molecule has 0 fully saturated rings. The maximum Gasteiger partial charge on any atom is 0.338 e. The van der Waals surface area contributed by atoms with Gasteiger partial charge >= 0.3 is 5.96 Å². The standard InChI is InChI=1S/C10H22N6O3/c1-5(17)7(8(12)18)16-9(19)6(11)3-2-4-15-10(13)14/h5-7,17H,2-4,11H2,1H3,(H2,12,18)(H,16,19)(H4,13,14,15)/p+2/t5-,6+,7+/m1/s1. The normalized spacial score (nSPS) is 15.1. The van der Waals surface area contributed by atoms with E-state index in [1.807, 2.05) is 0 Å². The Bertz CT molecular complexity index is 340. The number of hydrogen-bond acceptors (Lipinski definition) is 3. The first-order valence-electron chi connectivity index (χ1n) is 5.98. The largest absolute Gasteiger partial charge is 0.391 e. The van der Waals surface area contributed by atoms with Gasteiger partial charge < -0.3 is 21.9 Å². The van der Waals surface area contributed by atoms with E-state index in [1.54, 1.807) is 0 Å². The van der Waals surface area contributed by atoms with Crippen LogP contribution in [0.4, 0.5) is 0 Å². The number of amides is 2. The third kappa shape index (κ3) is 7.21. The van der Waals surface area contributed by atoms with Crippen LogP contribution in [0.15, 0.2) is 0 Å². The van der Waals surface area contributed by atoms with Crippen molar-refractivity contribution in [1.29, 1.82) is 0 Å². The van der Waals surface area contributed by atoms with Crippen molar-refractivity contribution in [3.05, 3.63) is 0 Å². The molecule has 3 atom stereocenters. The lowest BCUT2D eigenvalue weighted by atomic mass is 10.1. The maximum atomic E-state index is 11.7. The Balaban J connectivity index is 4.18. The zero-order valence-corrected chi connectivity index (χ0v) is 11.1.